The number of nitrogens with one attached hydrogen (secondary N) is 1. The van der Waals surface area contributed by atoms with E-state index in [-0.39, 0.29) is 6.10 Å². The van der Waals surface area contributed by atoms with E-state index in [4.69, 9.17) is 9.47 Å². The molecule has 0 atom stereocenters. The Labute approximate surface area is 109 Å². The number of nitrogens with zero attached hydrogens (tertiary/aromatic N) is 2. The maximum atomic E-state index is 5.44. The zero-order chi connectivity index (χ0) is 13.2. The minimum Gasteiger partial charge on any atom is -0.376 e. The number of ether oxygens (including phenoxy) is 2. The third-order valence-corrected chi connectivity index (χ3v) is 2.19. The zero-order valence-corrected chi connectivity index (χ0v) is 11.5. The van der Waals surface area contributed by atoms with Crippen molar-refractivity contribution < 1.29 is 9.47 Å². The molecule has 0 spiro atoms. The first-order chi connectivity index (χ1) is 8.72. The fraction of sp³-hybridized carbons (Fsp3) is 0.692. The Kier molecular flexibility index (Phi) is 7.29. The van der Waals surface area contributed by atoms with Gasteiger partial charge >= 0.3 is 0 Å². The van der Waals surface area contributed by atoms with E-state index in [2.05, 4.69) is 22.2 Å². The van der Waals surface area contributed by atoms with Crippen molar-refractivity contribution in [3.8, 4) is 0 Å². The summed E-state index contributed by atoms with van der Waals surface area (Å²) in [7, 11) is 0. The quantitative estimate of drug-likeness (QED) is 0.684. The molecule has 0 unspecified atom stereocenters. The van der Waals surface area contributed by atoms with Crippen molar-refractivity contribution in [1.29, 1.82) is 0 Å². The Balaban J connectivity index is 2.18. The smallest absolute Gasteiger partial charge is 0.144 e. The predicted molar refractivity (Wildman–Crippen MR) is 71.6 cm³/mol. The average molecular weight is 253 g/mol. The van der Waals surface area contributed by atoms with Gasteiger partial charge in [-0.05, 0) is 20.3 Å². The van der Waals surface area contributed by atoms with Gasteiger partial charge in [0.1, 0.15) is 5.82 Å². The number of rotatable bonds is 9. The lowest BCUT2D eigenvalue weighted by molar-refractivity contribution is 0.0135. The molecule has 0 aliphatic rings. The third-order valence-electron chi connectivity index (χ3n) is 2.19. The zero-order valence-electron chi connectivity index (χ0n) is 11.5. The van der Waals surface area contributed by atoms with E-state index in [0.717, 1.165) is 24.5 Å². The van der Waals surface area contributed by atoms with E-state index in [9.17, 15) is 0 Å². The van der Waals surface area contributed by atoms with Crippen molar-refractivity contribution >= 4 is 5.82 Å². The van der Waals surface area contributed by atoms with Crippen molar-refractivity contribution in [2.45, 2.75) is 39.9 Å². The average Bonchev–Trinajstić information content (AvgIpc) is 2.37. The van der Waals surface area contributed by atoms with Crippen molar-refractivity contribution in [1.82, 2.24) is 9.97 Å². The molecule has 0 aliphatic heterocycles. The Bertz CT molecular complexity index is 315. The highest BCUT2D eigenvalue weighted by Crippen LogP contribution is 2.02. The van der Waals surface area contributed by atoms with Crippen molar-refractivity contribution in [2.24, 2.45) is 0 Å². The van der Waals surface area contributed by atoms with Gasteiger partial charge in [0.05, 0.1) is 44.0 Å². The molecule has 1 rings (SSSR count). The molecular formula is C13H23N3O2. The van der Waals surface area contributed by atoms with Crippen LogP contribution in [0.3, 0.4) is 0 Å². The fourth-order valence-corrected chi connectivity index (χ4v) is 1.29. The maximum absolute atomic E-state index is 5.44. The van der Waals surface area contributed by atoms with Crippen LogP contribution in [0.5, 0.6) is 0 Å². The van der Waals surface area contributed by atoms with Crippen LogP contribution in [0.15, 0.2) is 12.4 Å². The minimum atomic E-state index is 0.248. The molecule has 0 fully saturated rings. The van der Waals surface area contributed by atoms with Gasteiger partial charge < -0.3 is 14.8 Å². The summed E-state index contributed by atoms with van der Waals surface area (Å²) >= 11 is 0. The van der Waals surface area contributed by atoms with Crippen molar-refractivity contribution in [3.05, 3.63) is 18.1 Å². The van der Waals surface area contributed by atoms with Gasteiger partial charge in [-0.3, -0.25) is 4.98 Å². The maximum Gasteiger partial charge on any atom is 0.144 e. The van der Waals surface area contributed by atoms with Crippen LogP contribution in [0.2, 0.25) is 0 Å². The van der Waals surface area contributed by atoms with Gasteiger partial charge in [0.15, 0.2) is 0 Å². The molecular weight excluding hydrogens is 230 g/mol. The summed E-state index contributed by atoms with van der Waals surface area (Å²) in [5, 5.41) is 3.18. The summed E-state index contributed by atoms with van der Waals surface area (Å²) in [6.45, 7) is 8.71. The van der Waals surface area contributed by atoms with Crippen LogP contribution in [0.1, 0.15) is 32.9 Å². The van der Waals surface area contributed by atoms with E-state index in [0.29, 0.717) is 19.8 Å². The van der Waals surface area contributed by atoms with Gasteiger partial charge in [-0.25, -0.2) is 4.98 Å². The van der Waals surface area contributed by atoms with Crippen LogP contribution >= 0.6 is 0 Å². The summed E-state index contributed by atoms with van der Waals surface area (Å²) < 4.78 is 10.8. The van der Waals surface area contributed by atoms with E-state index in [1.807, 2.05) is 13.8 Å². The van der Waals surface area contributed by atoms with Crippen LogP contribution in [-0.4, -0.2) is 35.8 Å². The molecule has 5 nitrogen and oxygen atoms in total. The van der Waals surface area contributed by atoms with Gasteiger partial charge in [0.25, 0.3) is 0 Å². The molecule has 0 radical (unpaired) electrons. The van der Waals surface area contributed by atoms with E-state index < -0.39 is 0 Å². The number of hydrogen-bond acceptors (Lipinski definition) is 5. The summed E-state index contributed by atoms with van der Waals surface area (Å²) in [6.07, 6.45) is 4.79. The van der Waals surface area contributed by atoms with Gasteiger partial charge in [0.2, 0.25) is 0 Å². The number of hydrogen-bond donors (Lipinski definition) is 1. The van der Waals surface area contributed by atoms with Crippen LogP contribution < -0.4 is 5.32 Å². The second kappa shape index (κ2) is 8.83. The van der Waals surface area contributed by atoms with Gasteiger partial charge in [-0.2, -0.15) is 0 Å². The second-order valence-corrected chi connectivity index (χ2v) is 4.29. The van der Waals surface area contributed by atoms with Crippen LogP contribution in [0.25, 0.3) is 0 Å². The molecule has 1 aromatic rings. The van der Waals surface area contributed by atoms with Gasteiger partial charge in [-0.1, -0.05) is 6.92 Å². The molecule has 1 aromatic heterocycles. The number of aromatic nitrogens is 2. The van der Waals surface area contributed by atoms with Crippen LogP contribution in [-0.2, 0) is 16.1 Å². The molecule has 1 N–H and O–H groups in total. The van der Waals surface area contributed by atoms with Crippen molar-refractivity contribution in [2.75, 3.05) is 25.1 Å². The van der Waals surface area contributed by atoms with Gasteiger partial charge in [0, 0.05) is 6.54 Å². The summed E-state index contributed by atoms with van der Waals surface area (Å²) in [6, 6.07) is 0. The summed E-state index contributed by atoms with van der Waals surface area (Å²) in [5.41, 5.74) is 0.835. The fourth-order valence-electron chi connectivity index (χ4n) is 1.29. The number of anilines is 1. The highest BCUT2D eigenvalue weighted by atomic mass is 16.5. The standard InChI is InChI=1S/C13H23N3O2/c1-4-5-14-13-9-15-12(8-16-13)10-17-6-7-18-11(2)3/h8-9,11H,4-7,10H2,1-3H3,(H,14,16). The first-order valence-corrected chi connectivity index (χ1v) is 6.46. The largest absolute Gasteiger partial charge is 0.376 e. The molecule has 1 heterocycles. The molecule has 102 valence electrons. The third kappa shape index (κ3) is 6.51. The molecule has 5 heteroatoms. The SMILES string of the molecule is CCCNc1cnc(COCCOC(C)C)cn1. The molecule has 18 heavy (non-hydrogen) atoms. The normalized spacial score (nSPS) is 10.9. The lowest BCUT2D eigenvalue weighted by Gasteiger charge is -2.08. The first-order valence-electron chi connectivity index (χ1n) is 6.46. The highest BCUT2D eigenvalue weighted by molar-refractivity contribution is 5.30. The summed E-state index contributed by atoms with van der Waals surface area (Å²) in [4.78, 5) is 8.53. The van der Waals surface area contributed by atoms with E-state index >= 15 is 0 Å². The first kappa shape index (κ1) is 14.9. The lowest BCUT2D eigenvalue weighted by atomic mass is 10.4. The minimum absolute atomic E-state index is 0.248. The molecule has 0 amide bonds. The predicted octanol–water partition coefficient (Wildman–Crippen LogP) is 2.24. The molecule has 0 aromatic carbocycles. The lowest BCUT2D eigenvalue weighted by Crippen LogP contribution is -2.10. The van der Waals surface area contributed by atoms with E-state index in [1.165, 1.54) is 0 Å². The highest BCUT2D eigenvalue weighted by Gasteiger charge is 1.98. The topological polar surface area (TPSA) is 56.3 Å². The molecule has 0 saturated heterocycles. The van der Waals surface area contributed by atoms with Gasteiger partial charge in [-0.15, -0.1) is 0 Å². The Morgan fingerprint density at radius 3 is 2.67 bits per heavy atom. The Morgan fingerprint density at radius 1 is 1.22 bits per heavy atom. The van der Waals surface area contributed by atoms with Crippen LogP contribution in [0, 0.1) is 0 Å². The Morgan fingerprint density at radius 2 is 2.06 bits per heavy atom. The van der Waals surface area contributed by atoms with Crippen molar-refractivity contribution in [3.63, 3.8) is 0 Å². The molecule has 0 aliphatic carbocycles. The molecule has 0 saturated carbocycles. The Hall–Kier alpha value is -1.20. The summed E-state index contributed by atoms with van der Waals surface area (Å²) in [5.74, 6) is 0.809. The van der Waals surface area contributed by atoms with Crippen LogP contribution in [0.4, 0.5) is 5.82 Å². The molecule has 0 bridgehead atoms. The monoisotopic (exact) mass is 253 g/mol. The second-order valence-electron chi connectivity index (χ2n) is 4.29. The van der Waals surface area contributed by atoms with E-state index in [1.54, 1.807) is 12.4 Å².